The van der Waals surface area contributed by atoms with E-state index in [4.69, 9.17) is 11.6 Å². The van der Waals surface area contributed by atoms with E-state index < -0.39 is 0 Å². The Morgan fingerprint density at radius 1 is 0.960 bits per heavy atom. The third-order valence-electron chi connectivity index (χ3n) is 4.40. The summed E-state index contributed by atoms with van der Waals surface area (Å²) in [6, 6.07) is 17.3. The van der Waals surface area contributed by atoms with Crippen LogP contribution in [0.5, 0.6) is 0 Å². The van der Waals surface area contributed by atoms with Gasteiger partial charge in [0.15, 0.2) is 0 Å². The van der Waals surface area contributed by atoms with Gasteiger partial charge in [0, 0.05) is 37.6 Å². The molecule has 5 heteroatoms. The van der Waals surface area contributed by atoms with Gasteiger partial charge < -0.3 is 9.80 Å². The molecule has 3 rings (SSSR count). The van der Waals surface area contributed by atoms with E-state index >= 15 is 0 Å². The molecule has 2 amide bonds. The summed E-state index contributed by atoms with van der Waals surface area (Å²) in [4.78, 5) is 28.5. The monoisotopic (exact) mass is 356 g/mol. The number of carbonyl (C=O) groups excluding carboxylic acids is 2. The van der Waals surface area contributed by atoms with Crippen LogP contribution in [-0.2, 0) is 22.6 Å². The molecule has 0 saturated carbocycles. The van der Waals surface area contributed by atoms with Crippen LogP contribution >= 0.6 is 11.6 Å². The van der Waals surface area contributed by atoms with Gasteiger partial charge in [-0.05, 0) is 23.3 Å². The van der Waals surface area contributed by atoms with E-state index in [-0.39, 0.29) is 11.8 Å². The molecule has 0 spiro atoms. The molecule has 0 atom stereocenters. The minimum Gasteiger partial charge on any atom is -0.340 e. The lowest BCUT2D eigenvalue weighted by Gasteiger charge is -2.22. The quantitative estimate of drug-likeness (QED) is 0.844. The van der Waals surface area contributed by atoms with Crippen LogP contribution in [0.1, 0.15) is 17.5 Å². The molecule has 4 nitrogen and oxygen atoms in total. The molecule has 25 heavy (non-hydrogen) atoms. The highest BCUT2D eigenvalue weighted by Crippen LogP contribution is 2.14. The van der Waals surface area contributed by atoms with Gasteiger partial charge in [-0.2, -0.15) is 0 Å². The molecule has 0 bridgehead atoms. The van der Waals surface area contributed by atoms with Crippen molar-refractivity contribution in [3.63, 3.8) is 0 Å². The van der Waals surface area contributed by atoms with Gasteiger partial charge in [0.05, 0.1) is 6.42 Å². The predicted octanol–water partition coefficient (Wildman–Crippen LogP) is 3.14. The second-order valence-corrected chi connectivity index (χ2v) is 6.67. The van der Waals surface area contributed by atoms with Gasteiger partial charge in [0.2, 0.25) is 11.8 Å². The number of halogens is 1. The molecular weight excluding hydrogens is 336 g/mol. The average Bonchev–Trinajstić information content (AvgIpc) is 2.78. The second-order valence-electron chi connectivity index (χ2n) is 6.24. The maximum atomic E-state index is 12.6. The molecule has 0 aromatic heterocycles. The average molecular weight is 357 g/mol. The number of nitrogens with zero attached hydrogens (tertiary/aromatic N) is 2. The largest absolute Gasteiger partial charge is 0.340 e. The summed E-state index contributed by atoms with van der Waals surface area (Å²) in [5.74, 6) is 0.138. The maximum absolute atomic E-state index is 12.6. The highest BCUT2D eigenvalue weighted by atomic mass is 35.5. The van der Waals surface area contributed by atoms with E-state index in [0.29, 0.717) is 44.0 Å². The number of hydrogen-bond donors (Lipinski definition) is 0. The van der Waals surface area contributed by atoms with Crippen LogP contribution in [0.3, 0.4) is 0 Å². The van der Waals surface area contributed by atoms with Crippen molar-refractivity contribution in [3.8, 4) is 0 Å². The van der Waals surface area contributed by atoms with E-state index in [9.17, 15) is 9.59 Å². The zero-order chi connectivity index (χ0) is 17.6. The fourth-order valence-corrected chi connectivity index (χ4v) is 3.23. The summed E-state index contributed by atoms with van der Waals surface area (Å²) in [6.07, 6.45) is 0.682. The number of benzene rings is 2. The number of rotatable bonds is 4. The van der Waals surface area contributed by atoms with E-state index in [2.05, 4.69) is 0 Å². The summed E-state index contributed by atoms with van der Waals surface area (Å²) >= 11 is 5.98. The zero-order valence-corrected chi connectivity index (χ0v) is 14.8. The first-order valence-electron chi connectivity index (χ1n) is 8.46. The summed E-state index contributed by atoms with van der Waals surface area (Å²) in [6.45, 7) is 2.20. The van der Waals surface area contributed by atoms with Crippen molar-refractivity contribution in [2.75, 3.05) is 19.6 Å². The number of hydrogen-bond acceptors (Lipinski definition) is 2. The third kappa shape index (κ3) is 4.83. The summed E-state index contributed by atoms with van der Waals surface area (Å²) in [7, 11) is 0. The Morgan fingerprint density at radius 2 is 1.72 bits per heavy atom. The molecule has 0 radical (unpaired) electrons. The van der Waals surface area contributed by atoms with Crippen molar-refractivity contribution in [2.24, 2.45) is 0 Å². The third-order valence-corrected chi connectivity index (χ3v) is 4.64. The standard InChI is InChI=1S/C20H21ClN2O2/c21-18-8-4-7-17(13-18)14-20(25)22-10-9-19(24)23(12-11-22)15-16-5-2-1-3-6-16/h1-8,13H,9-12,14-15H2. The van der Waals surface area contributed by atoms with E-state index in [1.807, 2.05) is 53.4 Å². The summed E-state index contributed by atoms with van der Waals surface area (Å²) < 4.78 is 0. The Morgan fingerprint density at radius 3 is 2.48 bits per heavy atom. The molecule has 130 valence electrons. The van der Waals surface area contributed by atoms with Gasteiger partial charge in [0.1, 0.15) is 0 Å². The first-order chi connectivity index (χ1) is 12.1. The van der Waals surface area contributed by atoms with Gasteiger partial charge in [0.25, 0.3) is 0 Å². The molecule has 1 aliphatic rings. The van der Waals surface area contributed by atoms with Crippen molar-refractivity contribution >= 4 is 23.4 Å². The Bertz CT molecular complexity index is 748. The SMILES string of the molecule is O=C(Cc1cccc(Cl)c1)N1CCC(=O)N(Cc2ccccc2)CC1. The lowest BCUT2D eigenvalue weighted by molar-refractivity contribution is -0.130. The topological polar surface area (TPSA) is 40.6 Å². The van der Waals surface area contributed by atoms with Gasteiger partial charge >= 0.3 is 0 Å². The molecule has 1 saturated heterocycles. The Balaban J connectivity index is 1.60. The summed E-state index contributed by atoms with van der Waals surface area (Å²) in [5, 5.41) is 0.630. The lowest BCUT2D eigenvalue weighted by Crippen LogP contribution is -2.36. The molecule has 0 N–H and O–H groups in total. The Labute approximate surface area is 153 Å². The number of amides is 2. The van der Waals surface area contributed by atoms with E-state index in [1.54, 1.807) is 11.0 Å². The molecule has 1 heterocycles. The van der Waals surface area contributed by atoms with Gasteiger partial charge in [-0.25, -0.2) is 0 Å². The predicted molar refractivity (Wildman–Crippen MR) is 98.2 cm³/mol. The summed E-state index contributed by atoms with van der Waals surface area (Å²) in [5.41, 5.74) is 2.00. The van der Waals surface area contributed by atoms with Crippen molar-refractivity contribution in [2.45, 2.75) is 19.4 Å². The molecule has 1 aliphatic heterocycles. The van der Waals surface area contributed by atoms with Crippen LogP contribution in [0.25, 0.3) is 0 Å². The normalized spacial score (nSPS) is 15.2. The Kier molecular flexibility index (Phi) is 5.71. The molecule has 0 unspecified atom stereocenters. The number of carbonyl (C=O) groups is 2. The van der Waals surface area contributed by atoms with Gasteiger partial charge in [-0.1, -0.05) is 54.1 Å². The minimum absolute atomic E-state index is 0.0385. The lowest BCUT2D eigenvalue weighted by atomic mass is 10.1. The van der Waals surface area contributed by atoms with Gasteiger partial charge in [-0.15, -0.1) is 0 Å². The molecule has 2 aromatic carbocycles. The fourth-order valence-electron chi connectivity index (χ4n) is 3.02. The van der Waals surface area contributed by atoms with Crippen molar-refractivity contribution in [1.82, 2.24) is 9.80 Å². The van der Waals surface area contributed by atoms with Crippen LogP contribution in [-0.4, -0.2) is 41.2 Å². The molecule has 1 fully saturated rings. The highest BCUT2D eigenvalue weighted by Gasteiger charge is 2.23. The second kappa shape index (κ2) is 8.17. The molecule has 2 aromatic rings. The van der Waals surface area contributed by atoms with E-state index in [0.717, 1.165) is 11.1 Å². The van der Waals surface area contributed by atoms with E-state index in [1.165, 1.54) is 0 Å². The van der Waals surface area contributed by atoms with Crippen molar-refractivity contribution < 1.29 is 9.59 Å². The maximum Gasteiger partial charge on any atom is 0.227 e. The Hall–Kier alpha value is -2.33. The first-order valence-corrected chi connectivity index (χ1v) is 8.83. The molecule has 0 aliphatic carbocycles. The van der Waals surface area contributed by atoms with Crippen LogP contribution in [0, 0.1) is 0 Å². The van der Waals surface area contributed by atoms with Crippen molar-refractivity contribution in [3.05, 3.63) is 70.7 Å². The van der Waals surface area contributed by atoms with Crippen LogP contribution in [0.4, 0.5) is 0 Å². The fraction of sp³-hybridized carbons (Fsp3) is 0.300. The van der Waals surface area contributed by atoms with Crippen LogP contribution < -0.4 is 0 Å². The first kappa shape index (κ1) is 17.5. The van der Waals surface area contributed by atoms with Crippen LogP contribution in [0.2, 0.25) is 5.02 Å². The van der Waals surface area contributed by atoms with Crippen LogP contribution in [0.15, 0.2) is 54.6 Å². The highest BCUT2D eigenvalue weighted by molar-refractivity contribution is 6.30. The molecular formula is C20H21ClN2O2. The minimum atomic E-state index is 0.0385. The van der Waals surface area contributed by atoms with Crippen molar-refractivity contribution in [1.29, 1.82) is 0 Å². The zero-order valence-electron chi connectivity index (χ0n) is 14.0. The smallest absolute Gasteiger partial charge is 0.227 e. The van der Waals surface area contributed by atoms with Gasteiger partial charge in [-0.3, -0.25) is 9.59 Å².